The van der Waals surface area contributed by atoms with Crippen molar-refractivity contribution >= 4 is 51.9 Å². The molecule has 7 heteroatoms. The average Bonchev–Trinajstić information content (AvgIpc) is 3.03. The van der Waals surface area contributed by atoms with Crippen molar-refractivity contribution in [1.82, 2.24) is 5.32 Å². The summed E-state index contributed by atoms with van der Waals surface area (Å²) in [7, 11) is 0. The van der Waals surface area contributed by atoms with Crippen molar-refractivity contribution in [2.24, 2.45) is 0 Å². The number of hydrogen-bond acceptors (Lipinski definition) is 5. The van der Waals surface area contributed by atoms with Crippen molar-refractivity contribution in [3.63, 3.8) is 0 Å². The van der Waals surface area contributed by atoms with E-state index in [1.165, 1.54) is 11.8 Å². The van der Waals surface area contributed by atoms with Gasteiger partial charge in [0.1, 0.15) is 16.7 Å². The standard InChI is InChI=1S/C21H18N2O3S2/c24-19(9-7-14-4-2-1-3-5-14)23-10-11-26-17-8-6-15(12-16(17)23)13-18-20(25)22-21(27)28-18/h1-6,8,12-13H,7,9-11H2,(H,22,25,27)/b18-13-. The topological polar surface area (TPSA) is 58.6 Å². The molecule has 0 bridgehead atoms. The van der Waals surface area contributed by atoms with Gasteiger partial charge >= 0.3 is 0 Å². The Hall–Kier alpha value is -2.64. The Balaban J connectivity index is 1.54. The van der Waals surface area contributed by atoms with Crippen LogP contribution in [0.5, 0.6) is 5.75 Å². The normalized spacial score (nSPS) is 17.3. The van der Waals surface area contributed by atoms with Crippen LogP contribution in [-0.2, 0) is 16.0 Å². The number of carbonyl (C=O) groups is 2. The number of carbonyl (C=O) groups excluding carboxylic acids is 2. The summed E-state index contributed by atoms with van der Waals surface area (Å²) < 4.78 is 6.16. The van der Waals surface area contributed by atoms with Crippen LogP contribution >= 0.6 is 24.0 Å². The van der Waals surface area contributed by atoms with Gasteiger partial charge in [-0.2, -0.15) is 0 Å². The van der Waals surface area contributed by atoms with Gasteiger partial charge in [0.25, 0.3) is 5.91 Å². The minimum Gasteiger partial charge on any atom is -0.490 e. The fourth-order valence-electron chi connectivity index (χ4n) is 3.19. The Morgan fingerprint density at radius 2 is 2.07 bits per heavy atom. The predicted molar refractivity (Wildman–Crippen MR) is 115 cm³/mol. The summed E-state index contributed by atoms with van der Waals surface area (Å²) in [5.41, 5.74) is 2.71. The molecule has 2 aromatic rings. The molecule has 0 saturated carbocycles. The van der Waals surface area contributed by atoms with Gasteiger partial charge in [0.15, 0.2) is 0 Å². The molecule has 5 nitrogen and oxygen atoms in total. The van der Waals surface area contributed by atoms with E-state index in [0.29, 0.717) is 41.0 Å². The first-order valence-corrected chi connectivity index (χ1v) is 10.2. The Morgan fingerprint density at radius 1 is 1.25 bits per heavy atom. The van der Waals surface area contributed by atoms with E-state index >= 15 is 0 Å². The molecule has 1 N–H and O–H groups in total. The van der Waals surface area contributed by atoms with Gasteiger partial charge in [-0.25, -0.2) is 0 Å². The van der Waals surface area contributed by atoms with Crippen LogP contribution in [0.1, 0.15) is 17.5 Å². The molecule has 0 aliphatic carbocycles. The summed E-state index contributed by atoms with van der Waals surface area (Å²) in [6.07, 6.45) is 2.91. The zero-order chi connectivity index (χ0) is 19.5. The maximum absolute atomic E-state index is 12.9. The van der Waals surface area contributed by atoms with E-state index < -0.39 is 0 Å². The van der Waals surface area contributed by atoms with Crippen LogP contribution in [-0.4, -0.2) is 29.3 Å². The maximum atomic E-state index is 12.9. The molecular weight excluding hydrogens is 392 g/mol. The highest BCUT2D eigenvalue weighted by Gasteiger charge is 2.25. The lowest BCUT2D eigenvalue weighted by molar-refractivity contribution is -0.119. The number of nitrogens with one attached hydrogen (secondary N) is 1. The van der Waals surface area contributed by atoms with Gasteiger partial charge in [0, 0.05) is 6.42 Å². The molecule has 0 aromatic heterocycles. The summed E-state index contributed by atoms with van der Waals surface area (Å²) >= 11 is 6.27. The van der Waals surface area contributed by atoms with Crippen LogP contribution in [0.3, 0.4) is 0 Å². The summed E-state index contributed by atoms with van der Waals surface area (Å²) in [5.74, 6) is 0.549. The van der Waals surface area contributed by atoms with Crippen molar-refractivity contribution in [1.29, 1.82) is 0 Å². The highest BCUT2D eigenvalue weighted by molar-refractivity contribution is 8.26. The van der Waals surface area contributed by atoms with Crippen LogP contribution in [0, 0.1) is 0 Å². The number of benzene rings is 2. The number of amides is 2. The molecule has 4 rings (SSSR count). The SMILES string of the molecule is O=C1NC(=S)S/C1=C\c1ccc2c(c1)N(C(=O)CCc1ccccc1)CCO2. The van der Waals surface area contributed by atoms with Crippen LogP contribution in [0.4, 0.5) is 5.69 Å². The Bertz CT molecular complexity index is 973. The minimum atomic E-state index is -0.195. The number of anilines is 1. The minimum absolute atomic E-state index is 0.0624. The van der Waals surface area contributed by atoms with Crippen LogP contribution in [0.25, 0.3) is 6.08 Å². The van der Waals surface area contributed by atoms with E-state index in [4.69, 9.17) is 17.0 Å². The lowest BCUT2D eigenvalue weighted by Crippen LogP contribution is -2.38. The first-order chi connectivity index (χ1) is 13.6. The van der Waals surface area contributed by atoms with E-state index in [-0.39, 0.29) is 11.8 Å². The average molecular weight is 411 g/mol. The smallest absolute Gasteiger partial charge is 0.263 e. The van der Waals surface area contributed by atoms with Crippen LogP contribution < -0.4 is 15.0 Å². The number of nitrogens with zero attached hydrogens (tertiary/aromatic N) is 1. The molecular formula is C21H18N2O3S2. The second-order valence-corrected chi connectivity index (χ2v) is 8.18. The number of aryl methyl sites for hydroxylation is 1. The van der Waals surface area contributed by atoms with Crippen molar-refractivity contribution in [3.8, 4) is 5.75 Å². The predicted octanol–water partition coefficient (Wildman–Crippen LogP) is 3.53. The van der Waals surface area contributed by atoms with Gasteiger partial charge in [0.2, 0.25) is 5.91 Å². The summed E-state index contributed by atoms with van der Waals surface area (Å²) in [6.45, 7) is 0.983. The monoisotopic (exact) mass is 410 g/mol. The third-order valence-corrected chi connectivity index (χ3v) is 5.72. The lowest BCUT2D eigenvalue weighted by Gasteiger charge is -2.30. The number of thiocarbonyl (C=S) groups is 1. The molecule has 0 radical (unpaired) electrons. The van der Waals surface area contributed by atoms with Gasteiger partial charge in [0.05, 0.1) is 17.1 Å². The first-order valence-electron chi connectivity index (χ1n) is 8.96. The van der Waals surface area contributed by atoms with Crippen molar-refractivity contribution < 1.29 is 14.3 Å². The third kappa shape index (κ3) is 4.10. The fourth-order valence-corrected chi connectivity index (χ4v) is 4.23. The van der Waals surface area contributed by atoms with Gasteiger partial charge in [-0.1, -0.05) is 60.4 Å². The number of hydrogen-bond donors (Lipinski definition) is 1. The Morgan fingerprint density at radius 3 is 2.82 bits per heavy atom. The molecule has 2 amide bonds. The maximum Gasteiger partial charge on any atom is 0.263 e. The van der Waals surface area contributed by atoms with Crippen molar-refractivity contribution in [2.75, 3.05) is 18.1 Å². The van der Waals surface area contributed by atoms with Gasteiger partial charge < -0.3 is 15.0 Å². The van der Waals surface area contributed by atoms with Crippen LogP contribution in [0.15, 0.2) is 53.4 Å². The highest BCUT2D eigenvalue weighted by Crippen LogP contribution is 2.35. The lowest BCUT2D eigenvalue weighted by atomic mass is 10.1. The largest absolute Gasteiger partial charge is 0.490 e. The summed E-state index contributed by atoms with van der Waals surface area (Å²) in [4.78, 5) is 27.1. The molecule has 2 aliphatic rings. The zero-order valence-electron chi connectivity index (χ0n) is 15.0. The molecule has 142 valence electrons. The molecule has 0 unspecified atom stereocenters. The van der Waals surface area contributed by atoms with E-state index in [1.807, 2.05) is 48.5 Å². The van der Waals surface area contributed by atoms with E-state index in [1.54, 1.807) is 11.0 Å². The van der Waals surface area contributed by atoms with Crippen LogP contribution in [0.2, 0.25) is 0 Å². The molecule has 1 fully saturated rings. The van der Waals surface area contributed by atoms with E-state index in [2.05, 4.69) is 5.32 Å². The zero-order valence-corrected chi connectivity index (χ0v) is 16.6. The quantitative estimate of drug-likeness (QED) is 0.617. The summed E-state index contributed by atoms with van der Waals surface area (Å²) in [6, 6.07) is 15.6. The fraction of sp³-hybridized carbons (Fsp3) is 0.190. The Labute approximate surface area is 172 Å². The first kappa shape index (κ1) is 18.7. The van der Waals surface area contributed by atoms with Gasteiger partial charge in [-0.15, -0.1) is 0 Å². The third-order valence-electron chi connectivity index (χ3n) is 4.56. The Kier molecular flexibility index (Phi) is 5.45. The molecule has 0 spiro atoms. The van der Waals surface area contributed by atoms with Gasteiger partial charge in [-0.3, -0.25) is 9.59 Å². The number of rotatable bonds is 4. The second-order valence-electron chi connectivity index (χ2n) is 6.46. The number of thioether (sulfide) groups is 1. The molecule has 2 heterocycles. The number of ether oxygens (including phenoxy) is 1. The molecule has 1 saturated heterocycles. The van der Waals surface area contributed by atoms with Crippen molar-refractivity contribution in [2.45, 2.75) is 12.8 Å². The number of fused-ring (bicyclic) bond motifs is 1. The second kappa shape index (κ2) is 8.16. The molecule has 28 heavy (non-hydrogen) atoms. The van der Waals surface area contributed by atoms with E-state index in [0.717, 1.165) is 16.8 Å². The van der Waals surface area contributed by atoms with Gasteiger partial charge in [-0.05, 0) is 35.8 Å². The highest BCUT2D eigenvalue weighted by atomic mass is 32.2. The van der Waals surface area contributed by atoms with E-state index in [9.17, 15) is 9.59 Å². The van der Waals surface area contributed by atoms with Crippen molar-refractivity contribution in [3.05, 3.63) is 64.6 Å². The molecule has 0 atom stereocenters. The molecule has 2 aliphatic heterocycles. The molecule has 2 aromatic carbocycles. The summed E-state index contributed by atoms with van der Waals surface area (Å²) in [5, 5.41) is 2.61.